The minimum Gasteiger partial charge on any atom is -0.495 e. The smallest absolute Gasteiger partial charge is 0.326 e. The van der Waals surface area contributed by atoms with E-state index < -0.39 is 17.1 Å². The van der Waals surface area contributed by atoms with E-state index in [4.69, 9.17) is 9.47 Å². The highest BCUT2D eigenvalue weighted by molar-refractivity contribution is 8.18. The predicted octanol–water partition coefficient (Wildman–Crippen LogP) is 3.70. The zero-order chi connectivity index (χ0) is 21.1. The van der Waals surface area contributed by atoms with Gasteiger partial charge in [0.2, 0.25) is 0 Å². The van der Waals surface area contributed by atoms with Gasteiger partial charge in [-0.25, -0.2) is 0 Å². The molecule has 152 valence electrons. The number of aromatic nitrogens is 1. The summed E-state index contributed by atoms with van der Waals surface area (Å²) >= 11 is 0.821. The molecule has 2 amide bonds. The van der Waals surface area contributed by atoms with E-state index in [2.05, 4.69) is 0 Å². The minimum atomic E-state index is -0.606. The van der Waals surface area contributed by atoms with Gasteiger partial charge in [-0.1, -0.05) is 12.1 Å². The zero-order valence-electron chi connectivity index (χ0n) is 16.7. The summed E-state index contributed by atoms with van der Waals surface area (Å²) in [6.45, 7) is 5.39. The van der Waals surface area contributed by atoms with Gasteiger partial charge in [-0.15, -0.1) is 0 Å². The molecule has 1 saturated heterocycles. The van der Waals surface area contributed by atoms with E-state index in [-0.39, 0.29) is 18.1 Å². The van der Waals surface area contributed by atoms with Crippen molar-refractivity contribution in [3.63, 3.8) is 0 Å². The number of nitrogens with zero attached hydrogens (tertiary/aromatic N) is 2. The lowest BCUT2D eigenvalue weighted by Gasteiger charge is -2.13. The number of rotatable bonds is 6. The number of methoxy groups -OCH3 is 1. The van der Waals surface area contributed by atoms with Gasteiger partial charge in [0.05, 0.1) is 24.3 Å². The van der Waals surface area contributed by atoms with E-state index in [1.165, 1.54) is 0 Å². The number of hydrogen-bond acceptors (Lipinski definition) is 6. The van der Waals surface area contributed by atoms with Crippen molar-refractivity contribution in [1.29, 1.82) is 0 Å². The van der Waals surface area contributed by atoms with Crippen LogP contribution >= 0.6 is 11.8 Å². The first-order chi connectivity index (χ1) is 13.9. The Morgan fingerprint density at radius 2 is 1.93 bits per heavy atom. The van der Waals surface area contributed by atoms with Gasteiger partial charge >= 0.3 is 5.97 Å². The molecule has 1 aliphatic rings. The van der Waals surface area contributed by atoms with Crippen molar-refractivity contribution in [2.75, 3.05) is 20.3 Å². The molecule has 0 N–H and O–H groups in total. The van der Waals surface area contributed by atoms with Crippen LogP contribution in [0, 0.1) is 13.8 Å². The number of carbonyl (C=O) groups is 3. The highest BCUT2D eigenvalue weighted by Crippen LogP contribution is 2.34. The molecule has 3 rings (SSSR count). The van der Waals surface area contributed by atoms with Crippen LogP contribution < -0.4 is 4.74 Å². The zero-order valence-corrected chi connectivity index (χ0v) is 17.5. The molecule has 0 bridgehead atoms. The molecule has 1 aromatic carbocycles. The maximum Gasteiger partial charge on any atom is 0.326 e. The number of para-hydroxylation sites is 2. The predicted molar refractivity (Wildman–Crippen MR) is 111 cm³/mol. The molecule has 1 aliphatic heterocycles. The number of ether oxygens (including phenoxy) is 2. The Balaban J connectivity index is 1.93. The average molecular weight is 414 g/mol. The Morgan fingerprint density at radius 1 is 1.21 bits per heavy atom. The topological polar surface area (TPSA) is 77.8 Å². The number of hydrogen-bond donors (Lipinski definition) is 0. The van der Waals surface area contributed by atoms with Crippen molar-refractivity contribution >= 4 is 35.0 Å². The molecule has 29 heavy (non-hydrogen) atoms. The lowest BCUT2D eigenvalue weighted by atomic mass is 10.2. The van der Waals surface area contributed by atoms with Crippen LogP contribution in [0.1, 0.15) is 23.9 Å². The summed E-state index contributed by atoms with van der Waals surface area (Å²) in [5, 5.41) is -0.479. The van der Waals surface area contributed by atoms with E-state index >= 15 is 0 Å². The molecule has 1 aromatic heterocycles. The third-order valence-corrected chi connectivity index (χ3v) is 5.46. The van der Waals surface area contributed by atoms with E-state index in [0.29, 0.717) is 0 Å². The monoisotopic (exact) mass is 414 g/mol. The van der Waals surface area contributed by atoms with Crippen molar-refractivity contribution in [1.82, 2.24) is 9.47 Å². The van der Waals surface area contributed by atoms with E-state index in [1.54, 1.807) is 20.1 Å². The molecule has 0 radical (unpaired) electrons. The van der Waals surface area contributed by atoms with Crippen molar-refractivity contribution < 1.29 is 23.9 Å². The second-order valence-corrected chi connectivity index (χ2v) is 7.40. The molecule has 0 spiro atoms. The van der Waals surface area contributed by atoms with Gasteiger partial charge in [0.25, 0.3) is 11.1 Å². The summed E-state index contributed by atoms with van der Waals surface area (Å²) in [5.41, 5.74) is 3.57. The molecule has 2 aromatic rings. The summed E-state index contributed by atoms with van der Waals surface area (Å²) in [5.74, 6) is -0.365. The largest absolute Gasteiger partial charge is 0.495 e. The first-order valence-corrected chi connectivity index (χ1v) is 9.92. The summed E-state index contributed by atoms with van der Waals surface area (Å²) < 4.78 is 12.3. The fraction of sp³-hybridized carbons (Fsp3) is 0.286. The Labute approximate surface area is 173 Å². The van der Waals surface area contributed by atoms with Crippen LogP contribution in [0.25, 0.3) is 11.8 Å². The third-order valence-electron chi connectivity index (χ3n) is 4.55. The molecule has 0 atom stereocenters. The molecule has 7 nitrogen and oxygen atoms in total. The Kier molecular flexibility index (Phi) is 6.12. The number of aryl methyl sites for hydroxylation is 1. The van der Waals surface area contributed by atoms with Crippen LogP contribution in [0.5, 0.6) is 5.75 Å². The van der Waals surface area contributed by atoms with Gasteiger partial charge < -0.3 is 14.0 Å². The number of thioether (sulfide) groups is 1. The number of benzene rings is 1. The summed E-state index contributed by atoms with van der Waals surface area (Å²) in [7, 11) is 1.62. The lowest BCUT2D eigenvalue weighted by molar-refractivity contribution is -0.145. The maximum atomic E-state index is 12.6. The second kappa shape index (κ2) is 8.57. The van der Waals surface area contributed by atoms with E-state index in [9.17, 15) is 14.4 Å². The van der Waals surface area contributed by atoms with Crippen LogP contribution in [0.2, 0.25) is 0 Å². The minimum absolute atomic E-state index is 0.194. The van der Waals surface area contributed by atoms with Gasteiger partial charge in [0, 0.05) is 11.4 Å². The quantitative estimate of drug-likeness (QED) is 0.530. The van der Waals surface area contributed by atoms with Gasteiger partial charge in [-0.05, 0) is 62.4 Å². The molecule has 0 aliphatic carbocycles. The Morgan fingerprint density at radius 3 is 2.62 bits per heavy atom. The van der Waals surface area contributed by atoms with Gasteiger partial charge in [-0.3, -0.25) is 19.3 Å². The Bertz CT molecular complexity index is 1010. The fourth-order valence-electron chi connectivity index (χ4n) is 3.23. The van der Waals surface area contributed by atoms with E-state index in [0.717, 1.165) is 45.1 Å². The third kappa shape index (κ3) is 4.07. The highest BCUT2D eigenvalue weighted by Gasteiger charge is 2.36. The first-order valence-electron chi connectivity index (χ1n) is 9.10. The molecular weight excluding hydrogens is 392 g/mol. The van der Waals surface area contributed by atoms with E-state index in [1.807, 2.05) is 48.7 Å². The number of imide groups is 1. The molecule has 2 heterocycles. The van der Waals surface area contributed by atoms with Gasteiger partial charge in [0.15, 0.2) is 0 Å². The summed E-state index contributed by atoms with van der Waals surface area (Å²) in [6, 6.07) is 9.61. The summed E-state index contributed by atoms with van der Waals surface area (Å²) in [6.07, 6.45) is 1.68. The molecule has 8 heteroatoms. The number of carbonyl (C=O) groups excluding carboxylic acids is 3. The maximum absolute atomic E-state index is 12.6. The average Bonchev–Trinajstić information content (AvgIpc) is 3.11. The first kappa shape index (κ1) is 20.7. The van der Waals surface area contributed by atoms with Crippen molar-refractivity contribution in [3.8, 4) is 11.4 Å². The molecule has 1 fully saturated rings. The summed E-state index contributed by atoms with van der Waals surface area (Å²) in [4.78, 5) is 37.6. The molecule has 0 unspecified atom stereocenters. The normalized spacial score (nSPS) is 15.3. The number of amides is 2. The highest BCUT2D eigenvalue weighted by atomic mass is 32.2. The SMILES string of the molecule is CCOC(=O)CN1C(=O)S/C(=C\c2cc(C)n(-c3ccccc3OC)c2C)C1=O. The van der Waals surface area contributed by atoms with Crippen LogP contribution in [0.4, 0.5) is 4.79 Å². The van der Waals surface area contributed by atoms with Gasteiger partial charge in [-0.2, -0.15) is 0 Å². The van der Waals surface area contributed by atoms with Gasteiger partial charge in [0.1, 0.15) is 12.3 Å². The van der Waals surface area contributed by atoms with Crippen LogP contribution in [-0.2, 0) is 14.3 Å². The number of esters is 1. The molecule has 0 saturated carbocycles. The second-order valence-electron chi connectivity index (χ2n) is 6.41. The van der Waals surface area contributed by atoms with Crippen LogP contribution in [0.3, 0.4) is 0 Å². The van der Waals surface area contributed by atoms with Crippen molar-refractivity contribution in [3.05, 3.63) is 52.2 Å². The van der Waals surface area contributed by atoms with Crippen LogP contribution in [-0.4, -0.2) is 46.8 Å². The van der Waals surface area contributed by atoms with Crippen molar-refractivity contribution in [2.45, 2.75) is 20.8 Å². The fourth-order valence-corrected chi connectivity index (χ4v) is 4.06. The van der Waals surface area contributed by atoms with Crippen LogP contribution in [0.15, 0.2) is 35.2 Å². The standard InChI is InChI=1S/C21H22N2O5S/c1-5-28-19(24)12-22-20(25)18(29-21(22)26)11-15-10-13(2)23(14(15)3)16-8-6-7-9-17(16)27-4/h6-11H,5,12H2,1-4H3/b18-11-. The van der Waals surface area contributed by atoms with Crippen molar-refractivity contribution in [2.24, 2.45) is 0 Å². The molecular formula is C21H22N2O5S. The Hall–Kier alpha value is -3.00. The lowest BCUT2D eigenvalue weighted by Crippen LogP contribution is -2.34.